The molecule has 3 rings (SSSR count). The number of nitrogens with zero attached hydrogens (tertiary/aromatic N) is 2. The van der Waals surface area contributed by atoms with E-state index < -0.39 is 5.97 Å². The van der Waals surface area contributed by atoms with Crippen molar-refractivity contribution >= 4 is 23.5 Å². The molecule has 152 valence electrons. The summed E-state index contributed by atoms with van der Waals surface area (Å²) in [6.45, 7) is 7.44. The molecule has 28 heavy (non-hydrogen) atoms. The Bertz CT molecular complexity index is 852. The Morgan fingerprint density at radius 2 is 2.00 bits per heavy atom. The highest BCUT2D eigenvalue weighted by atomic mass is 32.2. The van der Waals surface area contributed by atoms with E-state index in [9.17, 15) is 9.59 Å². The van der Waals surface area contributed by atoms with Crippen molar-refractivity contribution in [1.82, 2.24) is 20.2 Å². The Hall–Kier alpha value is -2.09. The van der Waals surface area contributed by atoms with Gasteiger partial charge in [-0.15, -0.1) is 5.10 Å². The number of aryl methyl sites for hydroxylation is 1. The standard InChI is InChI=1S/C20H28N4O3S/c1-5-27-19(26)16-11(2)17(21-12(16)3)18(25)13(4)28-20-22-15(23-24-20)10-14-8-6-7-9-14/h13-14,21H,5-10H2,1-4H3,(H,22,23,24). The van der Waals surface area contributed by atoms with Gasteiger partial charge in [-0.05, 0) is 39.2 Å². The molecule has 0 aromatic carbocycles. The maximum atomic E-state index is 12.9. The van der Waals surface area contributed by atoms with Crippen LogP contribution in [0.3, 0.4) is 0 Å². The van der Waals surface area contributed by atoms with E-state index >= 15 is 0 Å². The van der Waals surface area contributed by atoms with Crippen LogP contribution >= 0.6 is 11.8 Å². The lowest BCUT2D eigenvalue weighted by Gasteiger charge is -2.08. The molecule has 1 unspecified atom stereocenters. The molecular formula is C20H28N4O3S. The van der Waals surface area contributed by atoms with Gasteiger partial charge in [-0.1, -0.05) is 37.4 Å². The highest BCUT2D eigenvalue weighted by Crippen LogP contribution is 2.29. The number of carbonyl (C=O) groups is 2. The minimum Gasteiger partial charge on any atom is -0.462 e. The number of nitrogens with one attached hydrogen (secondary N) is 2. The number of Topliss-reactive ketones (excluding diaryl/α,β-unsaturated/α-hetero) is 1. The van der Waals surface area contributed by atoms with E-state index in [4.69, 9.17) is 4.74 Å². The molecule has 0 amide bonds. The fourth-order valence-electron chi connectivity index (χ4n) is 3.83. The van der Waals surface area contributed by atoms with Gasteiger partial charge in [0.15, 0.2) is 5.78 Å². The molecule has 1 atom stereocenters. The first-order valence-corrected chi connectivity index (χ1v) is 10.8. The fraction of sp³-hybridized carbons (Fsp3) is 0.600. The number of esters is 1. The van der Waals surface area contributed by atoms with E-state index in [1.54, 1.807) is 20.8 Å². The number of ketones is 1. The largest absolute Gasteiger partial charge is 0.462 e. The Labute approximate surface area is 169 Å². The van der Waals surface area contributed by atoms with E-state index in [2.05, 4.69) is 20.2 Å². The molecule has 1 aliphatic carbocycles. The van der Waals surface area contributed by atoms with Gasteiger partial charge in [0, 0.05) is 12.1 Å². The van der Waals surface area contributed by atoms with Gasteiger partial charge in [-0.3, -0.25) is 9.89 Å². The van der Waals surface area contributed by atoms with Crippen LogP contribution in [0.1, 0.15) is 77.5 Å². The summed E-state index contributed by atoms with van der Waals surface area (Å²) in [4.78, 5) is 32.7. The molecule has 0 aliphatic heterocycles. The summed E-state index contributed by atoms with van der Waals surface area (Å²) in [7, 11) is 0. The highest BCUT2D eigenvalue weighted by molar-refractivity contribution is 8.00. The summed E-state index contributed by atoms with van der Waals surface area (Å²) in [5.41, 5.74) is 2.17. The molecule has 2 aromatic rings. The van der Waals surface area contributed by atoms with Gasteiger partial charge in [0.05, 0.1) is 23.1 Å². The lowest BCUT2D eigenvalue weighted by Crippen LogP contribution is -2.16. The van der Waals surface area contributed by atoms with E-state index in [-0.39, 0.29) is 11.0 Å². The van der Waals surface area contributed by atoms with Crippen molar-refractivity contribution in [1.29, 1.82) is 0 Å². The number of carbonyl (C=O) groups excluding carboxylic acids is 2. The molecule has 1 fully saturated rings. The van der Waals surface area contributed by atoms with Gasteiger partial charge in [0.2, 0.25) is 5.16 Å². The second-order valence-electron chi connectivity index (χ2n) is 7.39. The first kappa shape index (κ1) is 20.6. The first-order chi connectivity index (χ1) is 13.4. The fourth-order valence-corrected chi connectivity index (χ4v) is 4.63. The molecule has 0 saturated heterocycles. The Morgan fingerprint density at radius 3 is 2.68 bits per heavy atom. The second kappa shape index (κ2) is 8.94. The SMILES string of the molecule is CCOC(=O)c1c(C)[nH]c(C(=O)C(C)Sc2n[nH]c(CC3CCCC3)n2)c1C. The van der Waals surface area contributed by atoms with Crippen molar-refractivity contribution in [3.8, 4) is 0 Å². The van der Waals surface area contributed by atoms with Gasteiger partial charge >= 0.3 is 5.97 Å². The lowest BCUT2D eigenvalue weighted by atomic mass is 10.0. The predicted octanol–water partition coefficient (Wildman–Crippen LogP) is 4.02. The number of hydrogen-bond acceptors (Lipinski definition) is 6. The minimum atomic E-state index is -0.404. The molecule has 1 saturated carbocycles. The Balaban J connectivity index is 1.67. The van der Waals surface area contributed by atoms with Gasteiger partial charge in [0.1, 0.15) is 5.82 Å². The Morgan fingerprint density at radius 1 is 1.29 bits per heavy atom. The zero-order valence-electron chi connectivity index (χ0n) is 16.9. The van der Waals surface area contributed by atoms with Gasteiger partial charge in [-0.25, -0.2) is 9.78 Å². The molecule has 1 aliphatic rings. The van der Waals surface area contributed by atoms with Crippen molar-refractivity contribution in [2.75, 3.05) is 6.61 Å². The van der Waals surface area contributed by atoms with Crippen LogP contribution in [0.25, 0.3) is 0 Å². The topological polar surface area (TPSA) is 101 Å². The summed E-state index contributed by atoms with van der Waals surface area (Å²) < 4.78 is 5.10. The highest BCUT2D eigenvalue weighted by Gasteiger charge is 2.27. The number of hydrogen-bond donors (Lipinski definition) is 2. The lowest BCUT2D eigenvalue weighted by molar-refractivity contribution is 0.0525. The van der Waals surface area contributed by atoms with Gasteiger partial charge in [-0.2, -0.15) is 0 Å². The normalized spacial score (nSPS) is 15.7. The average Bonchev–Trinajstić information content (AvgIpc) is 3.37. The molecule has 0 spiro atoms. The summed E-state index contributed by atoms with van der Waals surface area (Å²) in [6, 6.07) is 0. The average molecular weight is 405 g/mol. The number of aromatic nitrogens is 4. The summed E-state index contributed by atoms with van der Waals surface area (Å²) in [5, 5.41) is 7.48. The second-order valence-corrected chi connectivity index (χ2v) is 8.70. The third-order valence-electron chi connectivity index (χ3n) is 5.28. The Kier molecular flexibility index (Phi) is 6.59. The molecule has 0 bridgehead atoms. The van der Waals surface area contributed by atoms with E-state index in [0.29, 0.717) is 40.2 Å². The third kappa shape index (κ3) is 4.48. The molecular weight excluding hydrogens is 376 g/mol. The van der Waals surface area contributed by atoms with Crippen molar-refractivity contribution < 1.29 is 14.3 Å². The number of ether oxygens (including phenoxy) is 1. The number of rotatable bonds is 8. The molecule has 8 heteroatoms. The molecule has 7 nitrogen and oxygen atoms in total. The number of aromatic amines is 2. The van der Waals surface area contributed by atoms with Crippen LogP contribution in [0.5, 0.6) is 0 Å². The smallest absolute Gasteiger partial charge is 0.340 e. The summed E-state index contributed by atoms with van der Waals surface area (Å²) in [5.74, 6) is 1.10. The number of H-pyrrole nitrogens is 2. The summed E-state index contributed by atoms with van der Waals surface area (Å²) in [6.07, 6.45) is 6.04. The van der Waals surface area contributed by atoms with Crippen molar-refractivity contribution in [2.45, 2.75) is 70.2 Å². The molecule has 2 aromatic heterocycles. The minimum absolute atomic E-state index is 0.0803. The van der Waals surface area contributed by atoms with E-state index in [1.807, 2.05) is 6.92 Å². The van der Waals surface area contributed by atoms with Gasteiger partial charge < -0.3 is 9.72 Å². The van der Waals surface area contributed by atoms with Crippen LogP contribution in [0.2, 0.25) is 0 Å². The van der Waals surface area contributed by atoms with Crippen LogP contribution < -0.4 is 0 Å². The monoisotopic (exact) mass is 404 g/mol. The van der Waals surface area contributed by atoms with Crippen LogP contribution in [-0.4, -0.2) is 43.8 Å². The van der Waals surface area contributed by atoms with Crippen LogP contribution in [-0.2, 0) is 11.2 Å². The maximum absolute atomic E-state index is 12.9. The molecule has 2 N–H and O–H groups in total. The van der Waals surface area contributed by atoms with Crippen LogP contribution in [0, 0.1) is 19.8 Å². The van der Waals surface area contributed by atoms with Crippen molar-refractivity contribution in [3.05, 3.63) is 28.3 Å². The maximum Gasteiger partial charge on any atom is 0.340 e. The third-order valence-corrected chi connectivity index (χ3v) is 6.24. The van der Waals surface area contributed by atoms with Gasteiger partial charge in [0.25, 0.3) is 0 Å². The molecule has 0 radical (unpaired) electrons. The quantitative estimate of drug-likeness (QED) is 0.391. The predicted molar refractivity (Wildman–Crippen MR) is 108 cm³/mol. The zero-order chi connectivity index (χ0) is 20.3. The van der Waals surface area contributed by atoms with Crippen molar-refractivity contribution in [3.63, 3.8) is 0 Å². The number of thioether (sulfide) groups is 1. The van der Waals surface area contributed by atoms with E-state index in [0.717, 1.165) is 12.2 Å². The molecule has 2 heterocycles. The zero-order valence-corrected chi connectivity index (χ0v) is 17.7. The van der Waals surface area contributed by atoms with Crippen LogP contribution in [0.15, 0.2) is 5.16 Å². The summed E-state index contributed by atoms with van der Waals surface area (Å²) >= 11 is 1.33. The first-order valence-electron chi connectivity index (χ1n) is 9.89. The van der Waals surface area contributed by atoms with E-state index in [1.165, 1.54) is 37.4 Å². The van der Waals surface area contributed by atoms with Crippen LogP contribution in [0.4, 0.5) is 0 Å². The van der Waals surface area contributed by atoms with Crippen molar-refractivity contribution in [2.24, 2.45) is 5.92 Å².